The van der Waals surface area contributed by atoms with E-state index in [2.05, 4.69) is 5.32 Å². The molecule has 156 valence electrons. The number of ether oxygens (including phenoxy) is 3. The molecule has 1 N–H and O–H groups in total. The Kier molecular flexibility index (Phi) is 5.48. The summed E-state index contributed by atoms with van der Waals surface area (Å²) in [6, 6.07) is 13.2. The van der Waals surface area contributed by atoms with Gasteiger partial charge >= 0.3 is 0 Å². The van der Waals surface area contributed by atoms with Gasteiger partial charge < -0.3 is 19.5 Å². The molecule has 2 atom stereocenters. The lowest BCUT2D eigenvalue weighted by Gasteiger charge is -2.35. The van der Waals surface area contributed by atoms with Gasteiger partial charge in [-0.25, -0.2) is 0 Å². The maximum atomic E-state index is 13.3. The van der Waals surface area contributed by atoms with Crippen LogP contribution in [0.3, 0.4) is 0 Å². The third kappa shape index (κ3) is 3.65. The molecular weight excluding hydrogens is 382 g/mol. The van der Waals surface area contributed by atoms with Crippen molar-refractivity contribution in [1.29, 1.82) is 0 Å². The van der Waals surface area contributed by atoms with Gasteiger partial charge in [0.25, 0.3) is 0 Å². The van der Waals surface area contributed by atoms with Crippen molar-refractivity contribution in [3.63, 3.8) is 0 Å². The number of Topliss-reactive ketones (excluding diaryl/α,β-unsaturated/α-hetero) is 1. The first-order valence-corrected chi connectivity index (χ1v) is 9.96. The van der Waals surface area contributed by atoms with E-state index in [-0.39, 0.29) is 29.9 Å². The average molecular weight is 407 g/mol. The van der Waals surface area contributed by atoms with Crippen molar-refractivity contribution >= 4 is 11.7 Å². The third-order valence-electron chi connectivity index (χ3n) is 5.94. The standard InChI is InChI=1S/C24H25NO5/c1-28-16-6-4-14(5-7-16)15-10-20-24(21(26)11-15)19(13-23(27)25-20)18-12-17(29-2)8-9-22(18)30-3/h4-9,12,15,19H,10-11,13H2,1-3H3,(H,25,27)/t15-,19+/m1/s1. The van der Waals surface area contributed by atoms with E-state index in [9.17, 15) is 9.59 Å². The highest BCUT2D eigenvalue weighted by Gasteiger charge is 2.39. The Morgan fingerprint density at radius 1 is 0.833 bits per heavy atom. The van der Waals surface area contributed by atoms with Crippen LogP contribution in [0.2, 0.25) is 0 Å². The van der Waals surface area contributed by atoms with Gasteiger partial charge in [0.15, 0.2) is 5.78 Å². The summed E-state index contributed by atoms with van der Waals surface area (Å²) in [6.07, 6.45) is 1.23. The minimum absolute atomic E-state index is 0.0217. The van der Waals surface area contributed by atoms with Crippen LogP contribution < -0.4 is 19.5 Å². The number of methoxy groups -OCH3 is 3. The van der Waals surface area contributed by atoms with Crippen molar-refractivity contribution in [2.75, 3.05) is 21.3 Å². The molecule has 2 aromatic rings. The van der Waals surface area contributed by atoms with Crippen molar-refractivity contribution in [3.05, 3.63) is 64.9 Å². The second-order valence-corrected chi connectivity index (χ2v) is 7.61. The van der Waals surface area contributed by atoms with Crippen LogP contribution in [0.4, 0.5) is 0 Å². The van der Waals surface area contributed by atoms with Gasteiger partial charge in [-0.15, -0.1) is 0 Å². The Balaban J connectivity index is 1.72. The molecule has 1 heterocycles. The van der Waals surface area contributed by atoms with E-state index >= 15 is 0 Å². The fourth-order valence-electron chi connectivity index (χ4n) is 4.45. The summed E-state index contributed by atoms with van der Waals surface area (Å²) in [5, 5.41) is 2.96. The lowest BCUT2D eigenvalue weighted by molar-refractivity contribution is -0.122. The van der Waals surface area contributed by atoms with Crippen LogP contribution in [0.5, 0.6) is 17.2 Å². The molecule has 6 nitrogen and oxygen atoms in total. The number of allylic oxidation sites excluding steroid dienone is 2. The number of nitrogens with one attached hydrogen (secondary N) is 1. The molecular formula is C24H25NO5. The number of rotatable bonds is 5. The molecule has 0 saturated carbocycles. The second-order valence-electron chi connectivity index (χ2n) is 7.61. The van der Waals surface area contributed by atoms with Crippen LogP contribution in [0.1, 0.15) is 42.2 Å². The molecule has 2 aliphatic rings. The number of hydrogen-bond acceptors (Lipinski definition) is 5. The largest absolute Gasteiger partial charge is 0.497 e. The van der Waals surface area contributed by atoms with Crippen molar-refractivity contribution in [2.45, 2.75) is 31.1 Å². The number of hydrogen-bond donors (Lipinski definition) is 1. The summed E-state index contributed by atoms with van der Waals surface area (Å²) < 4.78 is 16.1. The molecule has 1 aliphatic carbocycles. The molecule has 6 heteroatoms. The topological polar surface area (TPSA) is 73.9 Å². The normalized spacial score (nSPS) is 21.0. The van der Waals surface area contributed by atoms with E-state index < -0.39 is 0 Å². The quantitative estimate of drug-likeness (QED) is 0.818. The molecule has 0 spiro atoms. The number of carbonyl (C=O) groups excluding carboxylic acids is 2. The SMILES string of the molecule is COc1ccc([C@H]2CC(=O)C3=C(C2)NC(=O)C[C@H]3c2cc(OC)ccc2OC)cc1. The van der Waals surface area contributed by atoms with E-state index in [1.54, 1.807) is 21.3 Å². The van der Waals surface area contributed by atoms with Crippen LogP contribution in [0.15, 0.2) is 53.7 Å². The van der Waals surface area contributed by atoms with Crippen LogP contribution in [0, 0.1) is 0 Å². The molecule has 1 aliphatic heterocycles. The minimum atomic E-state index is -0.344. The van der Waals surface area contributed by atoms with Crippen molar-refractivity contribution in [1.82, 2.24) is 5.32 Å². The van der Waals surface area contributed by atoms with E-state index in [1.807, 2.05) is 42.5 Å². The fourth-order valence-corrected chi connectivity index (χ4v) is 4.45. The van der Waals surface area contributed by atoms with Crippen LogP contribution in [0.25, 0.3) is 0 Å². The van der Waals surface area contributed by atoms with E-state index in [0.29, 0.717) is 29.9 Å². The summed E-state index contributed by atoms with van der Waals surface area (Å²) in [6.45, 7) is 0. The lowest BCUT2D eigenvalue weighted by atomic mass is 9.73. The smallest absolute Gasteiger partial charge is 0.225 e. The van der Waals surface area contributed by atoms with Crippen molar-refractivity contribution in [3.8, 4) is 17.2 Å². The van der Waals surface area contributed by atoms with Crippen LogP contribution in [-0.4, -0.2) is 33.0 Å². The predicted molar refractivity (Wildman–Crippen MR) is 112 cm³/mol. The highest BCUT2D eigenvalue weighted by molar-refractivity contribution is 6.02. The highest BCUT2D eigenvalue weighted by Crippen LogP contribution is 2.45. The van der Waals surface area contributed by atoms with Gasteiger partial charge in [0.05, 0.1) is 21.3 Å². The number of amides is 1. The Morgan fingerprint density at radius 2 is 1.53 bits per heavy atom. The van der Waals surface area contributed by atoms with Gasteiger partial charge in [-0.1, -0.05) is 12.1 Å². The Bertz CT molecular complexity index is 1010. The Labute approximate surface area is 175 Å². The van der Waals surface area contributed by atoms with E-state index in [1.165, 1.54) is 0 Å². The summed E-state index contributed by atoms with van der Waals surface area (Å²) >= 11 is 0. The van der Waals surface area contributed by atoms with Crippen LogP contribution >= 0.6 is 0 Å². The number of benzene rings is 2. The fraction of sp³-hybridized carbons (Fsp3) is 0.333. The van der Waals surface area contributed by atoms with E-state index in [4.69, 9.17) is 14.2 Å². The monoisotopic (exact) mass is 407 g/mol. The molecule has 0 unspecified atom stereocenters. The first kappa shape index (κ1) is 20.0. The zero-order valence-corrected chi connectivity index (χ0v) is 17.4. The molecule has 1 amide bonds. The minimum Gasteiger partial charge on any atom is -0.497 e. The van der Waals surface area contributed by atoms with Crippen LogP contribution in [-0.2, 0) is 9.59 Å². The van der Waals surface area contributed by atoms with Crippen molar-refractivity contribution < 1.29 is 23.8 Å². The van der Waals surface area contributed by atoms with Gasteiger partial charge in [-0.3, -0.25) is 9.59 Å². The summed E-state index contributed by atoms with van der Waals surface area (Å²) in [7, 11) is 4.81. The predicted octanol–water partition coefficient (Wildman–Crippen LogP) is 3.72. The maximum Gasteiger partial charge on any atom is 0.225 e. The molecule has 0 aromatic heterocycles. The summed E-state index contributed by atoms with van der Waals surface area (Å²) in [5.74, 6) is 1.73. The first-order chi connectivity index (χ1) is 14.5. The molecule has 0 saturated heterocycles. The Morgan fingerprint density at radius 3 is 2.20 bits per heavy atom. The molecule has 30 heavy (non-hydrogen) atoms. The third-order valence-corrected chi connectivity index (χ3v) is 5.94. The molecule has 0 radical (unpaired) electrons. The number of carbonyl (C=O) groups is 2. The van der Waals surface area contributed by atoms with Gasteiger partial charge in [0.2, 0.25) is 5.91 Å². The molecule has 2 aromatic carbocycles. The van der Waals surface area contributed by atoms with Gasteiger partial charge in [-0.2, -0.15) is 0 Å². The number of ketones is 1. The van der Waals surface area contributed by atoms with Gasteiger partial charge in [0.1, 0.15) is 17.2 Å². The molecule has 0 fully saturated rings. The van der Waals surface area contributed by atoms with Crippen molar-refractivity contribution in [2.24, 2.45) is 0 Å². The zero-order chi connectivity index (χ0) is 21.3. The van der Waals surface area contributed by atoms with Gasteiger partial charge in [0, 0.05) is 35.6 Å². The maximum absolute atomic E-state index is 13.3. The Hall–Kier alpha value is -3.28. The average Bonchev–Trinajstić information content (AvgIpc) is 2.77. The summed E-state index contributed by atoms with van der Waals surface area (Å²) in [5.41, 5.74) is 3.27. The molecule has 4 rings (SSSR count). The lowest BCUT2D eigenvalue weighted by Crippen LogP contribution is -2.38. The van der Waals surface area contributed by atoms with E-state index in [0.717, 1.165) is 22.6 Å². The second kappa shape index (κ2) is 8.22. The first-order valence-electron chi connectivity index (χ1n) is 9.96. The molecule has 0 bridgehead atoms. The zero-order valence-electron chi connectivity index (χ0n) is 17.4. The summed E-state index contributed by atoms with van der Waals surface area (Å²) in [4.78, 5) is 25.8. The van der Waals surface area contributed by atoms with Gasteiger partial charge in [-0.05, 0) is 48.2 Å². The highest BCUT2D eigenvalue weighted by atomic mass is 16.5.